The lowest BCUT2D eigenvalue weighted by Gasteiger charge is -2.34. The summed E-state index contributed by atoms with van der Waals surface area (Å²) in [6.45, 7) is 6.90. The summed E-state index contributed by atoms with van der Waals surface area (Å²) < 4.78 is 6.22. The molecule has 0 bridgehead atoms. The van der Waals surface area contributed by atoms with Gasteiger partial charge in [0.2, 0.25) is 0 Å². The van der Waals surface area contributed by atoms with Crippen LogP contribution in [-0.4, -0.2) is 6.61 Å². The molecule has 0 aromatic heterocycles. The van der Waals surface area contributed by atoms with E-state index in [4.69, 9.17) is 4.74 Å². The van der Waals surface area contributed by atoms with Crippen molar-refractivity contribution in [2.45, 2.75) is 58.0 Å². The highest BCUT2D eigenvalue weighted by atomic mass is 16.5. The van der Waals surface area contributed by atoms with Gasteiger partial charge in [-0.1, -0.05) is 56.2 Å². The maximum Gasteiger partial charge on any atom is 0.0853 e. The van der Waals surface area contributed by atoms with Crippen molar-refractivity contribution in [1.82, 2.24) is 0 Å². The number of benzene rings is 1. The second kappa shape index (κ2) is 9.04. The molecule has 0 heterocycles. The van der Waals surface area contributed by atoms with Crippen molar-refractivity contribution in [3.05, 3.63) is 48.6 Å². The van der Waals surface area contributed by atoms with Gasteiger partial charge in [-0.05, 0) is 49.5 Å². The van der Waals surface area contributed by atoms with Gasteiger partial charge in [0.15, 0.2) is 0 Å². The van der Waals surface area contributed by atoms with Gasteiger partial charge < -0.3 is 4.74 Å². The van der Waals surface area contributed by atoms with Gasteiger partial charge in [-0.25, -0.2) is 0 Å². The molecule has 0 spiro atoms. The zero-order valence-electron chi connectivity index (χ0n) is 13.5. The highest BCUT2D eigenvalue weighted by molar-refractivity contribution is 5.18. The van der Waals surface area contributed by atoms with Gasteiger partial charge in [0.1, 0.15) is 0 Å². The molecule has 21 heavy (non-hydrogen) atoms. The second-order valence-corrected chi connectivity index (χ2v) is 6.35. The number of allylic oxidation sites excluding steroid dienone is 1. The molecule has 0 saturated heterocycles. The highest BCUT2D eigenvalue weighted by Crippen LogP contribution is 2.40. The summed E-state index contributed by atoms with van der Waals surface area (Å²) >= 11 is 0. The van der Waals surface area contributed by atoms with E-state index < -0.39 is 0 Å². The van der Waals surface area contributed by atoms with Crippen molar-refractivity contribution >= 4 is 0 Å². The van der Waals surface area contributed by atoms with Crippen LogP contribution in [0.5, 0.6) is 0 Å². The minimum atomic E-state index is 0.298. The van der Waals surface area contributed by atoms with E-state index in [1.54, 1.807) is 0 Å². The topological polar surface area (TPSA) is 9.23 Å². The van der Waals surface area contributed by atoms with Crippen LogP contribution in [0, 0.1) is 11.8 Å². The smallest absolute Gasteiger partial charge is 0.0853 e. The predicted molar refractivity (Wildman–Crippen MR) is 90.3 cm³/mol. The molecule has 0 aliphatic heterocycles. The SMILES string of the molecule is C=CCC[C@H]1CC[C@H](C(OCCC)c2ccccc2)CC1. The van der Waals surface area contributed by atoms with Gasteiger partial charge in [-0.15, -0.1) is 6.58 Å². The molecule has 1 saturated carbocycles. The van der Waals surface area contributed by atoms with Crippen molar-refractivity contribution < 1.29 is 4.74 Å². The first-order chi connectivity index (χ1) is 10.3. The van der Waals surface area contributed by atoms with E-state index in [9.17, 15) is 0 Å². The zero-order valence-corrected chi connectivity index (χ0v) is 13.5. The normalized spacial score (nSPS) is 23.7. The molecule has 1 aromatic rings. The van der Waals surface area contributed by atoms with E-state index in [0.717, 1.165) is 18.9 Å². The molecule has 1 aliphatic carbocycles. The summed E-state index contributed by atoms with van der Waals surface area (Å²) in [5.74, 6) is 1.60. The zero-order chi connectivity index (χ0) is 14.9. The Morgan fingerprint density at radius 3 is 2.52 bits per heavy atom. The molecule has 2 rings (SSSR count). The Morgan fingerprint density at radius 2 is 1.90 bits per heavy atom. The van der Waals surface area contributed by atoms with Crippen LogP contribution in [0.4, 0.5) is 0 Å². The Balaban J connectivity index is 1.94. The number of hydrogen-bond donors (Lipinski definition) is 0. The maximum absolute atomic E-state index is 6.22. The molecular formula is C20H30O. The molecule has 116 valence electrons. The molecule has 1 aliphatic rings. The average molecular weight is 286 g/mol. The quantitative estimate of drug-likeness (QED) is 0.538. The lowest BCUT2D eigenvalue weighted by atomic mass is 9.76. The summed E-state index contributed by atoms with van der Waals surface area (Å²) in [6, 6.07) is 10.8. The monoisotopic (exact) mass is 286 g/mol. The first kappa shape index (κ1) is 16.3. The second-order valence-electron chi connectivity index (χ2n) is 6.35. The van der Waals surface area contributed by atoms with E-state index in [1.165, 1.54) is 44.1 Å². The Kier molecular flexibility index (Phi) is 7.02. The van der Waals surface area contributed by atoms with Crippen molar-refractivity contribution in [2.75, 3.05) is 6.61 Å². The lowest BCUT2D eigenvalue weighted by molar-refractivity contribution is -0.00644. The third-order valence-corrected chi connectivity index (χ3v) is 4.73. The van der Waals surface area contributed by atoms with Crippen LogP contribution in [0.3, 0.4) is 0 Å². The molecule has 1 aromatic carbocycles. The van der Waals surface area contributed by atoms with Gasteiger partial charge in [0, 0.05) is 6.61 Å². The molecule has 1 atom stereocenters. The predicted octanol–water partition coefficient (Wildman–Crippen LogP) is 5.93. The fourth-order valence-electron chi connectivity index (χ4n) is 3.53. The molecule has 1 fully saturated rings. The van der Waals surface area contributed by atoms with Gasteiger partial charge >= 0.3 is 0 Å². The van der Waals surface area contributed by atoms with Crippen molar-refractivity contribution in [1.29, 1.82) is 0 Å². The van der Waals surface area contributed by atoms with Crippen molar-refractivity contribution in [2.24, 2.45) is 11.8 Å². The average Bonchev–Trinajstić information content (AvgIpc) is 2.55. The van der Waals surface area contributed by atoms with Crippen LogP contribution < -0.4 is 0 Å². The summed E-state index contributed by atoms with van der Waals surface area (Å²) in [6.07, 6.45) is 11.3. The molecule has 0 amide bonds. The Bertz CT molecular complexity index is 390. The van der Waals surface area contributed by atoms with Crippen LogP contribution in [0.1, 0.15) is 63.5 Å². The Hall–Kier alpha value is -1.08. The fourth-order valence-corrected chi connectivity index (χ4v) is 3.53. The van der Waals surface area contributed by atoms with Crippen LogP contribution in [0.25, 0.3) is 0 Å². The van der Waals surface area contributed by atoms with Crippen LogP contribution >= 0.6 is 0 Å². The van der Waals surface area contributed by atoms with Crippen LogP contribution in [0.15, 0.2) is 43.0 Å². The number of hydrogen-bond acceptors (Lipinski definition) is 1. The molecule has 0 radical (unpaired) electrons. The third-order valence-electron chi connectivity index (χ3n) is 4.73. The van der Waals surface area contributed by atoms with Gasteiger partial charge in [-0.3, -0.25) is 0 Å². The fraction of sp³-hybridized carbons (Fsp3) is 0.600. The van der Waals surface area contributed by atoms with E-state index >= 15 is 0 Å². The Morgan fingerprint density at radius 1 is 1.19 bits per heavy atom. The van der Waals surface area contributed by atoms with E-state index in [1.807, 2.05) is 0 Å². The highest BCUT2D eigenvalue weighted by Gasteiger charge is 2.28. The van der Waals surface area contributed by atoms with Gasteiger partial charge in [-0.2, -0.15) is 0 Å². The van der Waals surface area contributed by atoms with E-state index in [-0.39, 0.29) is 0 Å². The maximum atomic E-state index is 6.22. The first-order valence-electron chi connectivity index (χ1n) is 8.62. The molecular weight excluding hydrogens is 256 g/mol. The van der Waals surface area contributed by atoms with E-state index in [0.29, 0.717) is 12.0 Å². The van der Waals surface area contributed by atoms with Gasteiger partial charge in [0.05, 0.1) is 6.10 Å². The number of rotatable bonds is 8. The summed E-state index contributed by atoms with van der Waals surface area (Å²) in [5, 5.41) is 0. The lowest BCUT2D eigenvalue weighted by Crippen LogP contribution is -2.23. The standard InChI is InChI=1S/C20H30O/c1-3-5-9-17-12-14-19(15-13-17)20(21-16-4-2)18-10-7-6-8-11-18/h3,6-8,10-11,17,19-20H,1,4-5,9,12-16H2,2H3/t17-,19-,20?. The van der Waals surface area contributed by atoms with Crippen LogP contribution in [-0.2, 0) is 4.74 Å². The minimum absolute atomic E-state index is 0.298. The largest absolute Gasteiger partial charge is 0.373 e. The molecule has 1 unspecified atom stereocenters. The molecule has 1 nitrogen and oxygen atoms in total. The summed E-state index contributed by atoms with van der Waals surface area (Å²) in [7, 11) is 0. The summed E-state index contributed by atoms with van der Waals surface area (Å²) in [4.78, 5) is 0. The van der Waals surface area contributed by atoms with Crippen molar-refractivity contribution in [3.63, 3.8) is 0 Å². The van der Waals surface area contributed by atoms with Crippen molar-refractivity contribution in [3.8, 4) is 0 Å². The molecule has 0 N–H and O–H groups in total. The number of ether oxygens (including phenoxy) is 1. The minimum Gasteiger partial charge on any atom is -0.373 e. The Labute approximate surface area is 130 Å². The first-order valence-corrected chi connectivity index (χ1v) is 8.62. The third kappa shape index (κ3) is 5.00. The van der Waals surface area contributed by atoms with E-state index in [2.05, 4.69) is 49.9 Å². The van der Waals surface area contributed by atoms with Gasteiger partial charge in [0.25, 0.3) is 0 Å². The van der Waals surface area contributed by atoms with Crippen LogP contribution in [0.2, 0.25) is 0 Å². The summed E-state index contributed by atoms with van der Waals surface area (Å²) in [5.41, 5.74) is 1.36. The molecule has 1 heteroatoms.